The van der Waals surface area contributed by atoms with Gasteiger partial charge >= 0.3 is 0 Å². The Balaban J connectivity index is 0.000000155. The van der Waals surface area contributed by atoms with Gasteiger partial charge in [0.2, 0.25) is 0 Å². The second kappa shape index (κ2) is 37.2. The molecule has 8 aromatic carbocycles. The number of methoxy groups -OCH3 is 5. The Morgan fingerprint density at radius 3 is 1.10 bits per heavy atom. The Morgan fingerprint density at radius 2 is 0.726 bits per heavy atom. The summed E-state index contributed by atoms with van der Waals surface area (Å²) in [6.07, 6.45) is 0. The fourth-order valence-corrected chi connectivity index (χ4v) is 13.0. The minimum absolute atomic E-state index is 0.256. The molecule has 0 spiro atoms. The smallest absolute Gasteiger partial charge is 0.183 e. The Kier molecular flexibility index (Phi) is 27.8. The molecular weight excluding hydrogens is 1520 g/mol. The van der Waals surface area contributed by atoms with E-state index in [9.17, 15) is 8.78 Å². The minimum Gasteiger partial charge on any atom is -0.497 e. The van der Waals surface area contributed by atoms with E-state index < -0.39 is 0 Å². The van der Waals surface area contributed by atoms with Gasteiger partial charge in [-0.15, -0.1) is 11.3 Å². The van der Waals surface area contributed by atoms with Crippen molar-refractivity contribution in [1.29, 1.82) is 5.26 Å². The Bertz CT molecular complexity index is 5850. The number of ether oxygens (including phenoxy) is 10. The van der Waals surface area contributed by atoms with E-state index in [4.69, 9.17) is 79.2 Å². The number of fused-ring (bicyclic) bond motifs is 5. The lowest BCUT2D eigenvalue weighted by atomic mass is 10.1. The predicted molar refractivity (Wildman–Crippen MR) is 469 cm³/mol. The van der Waals surface area contributed by atoms with Gasteiger partial charge < -0.3 is 52.7 Å². The van der Waals surface area contributed by atoms with Gasteiger partial charge in [-0.05, 0) is 215 Å². The molecule has 1 N–H and O–H groups in total. The molecule has 0 radical (unpaired) electrons. The zero-order valence-corrected chi connectivity index (χ0v) is 72.0. The van der Waals surface area contributed by atoms with E-state index in [2.05, 4.69) is 46.2 Å². The largest absolute Gasteiger partial charge is 0.497 e. The normalized spacial score (nSPS) is 11.5. The number of rotatable bonds is 16. The van der Waals surface area contributed by atoms with Gasteiger partial charge in [-0.25, -0.2) is 38.7 Å². The summed E-state index contributed by atoms with van der Waals surface area (Å²) in [5.74, 6) is 6.64. The lowest BCUT2D eigenvalue weighted by Crippen LogP contribution is -2.23. The molecule has 22 heteroatoms. The maximum Gasteiger partial charge on any atom is 0.183 e. The van der Waals surface area contributed by atoms with Crippen LogP contribution in [0, 0.1) is 23.0 Å². The standard InChI is InChI=1S/2C20H20FNO2.C20H25N3O2S.C20H21NO2.C15H15ClN2O2/c1-20(2,3)24-19-12-17(13-5-7-14(21)8-6-13)22-18-11-15(23-4)9-10-16(18)19;1-20(2,3)24-19-12-17(13-6-5-7-14(21)10-13)22-18-11-15(23-4)8-9-16(18)19;1-12(2)21-19-23-17(11-26-19)16-10-18(25-20(3,4)5)14-8-7-13(24-6)9-15(14)22-16;1-20(2,3)23-19-13-17(14-8-6-5-7-9-14)21-18-12-15(22-4)10-11-16(18)19;1-15(2,3)20-12-7-9(8-17)18-14-10(12)5-6-11(19-4)13(14)16/h2*5-12H,1-4H3;7-12H,1-6H3,(H,21,23);5-13H,1-4H3;5-7H,1-4H3. The number of nitrogens with zero attached hydrogens (tertiary/aromatic N) is 7. The van der Waals surface area contributed by atoms with Gasteiger partial charge in [0.05, 0.1) is 85.9 Å². The van der Waals surface area contributed by atoms with E-state index in [0.717, 1.165) is 128 Å². The third-order valence-electron chi connectivity index (χ3n) is 16.7. The number of hydrogen-bond acceptors (Lipinski definition) is 19. The zero-order chi connectivity index (χ0) is 84.9. The highest BCUT2D eigenvalue weighted by Crippen LogP contribution is 2.42. The molecule has 0 atom stereocenters. The highest BCUT2D eigenvalue weighted by atomic mass is 35.5. The van der Waals surface area contributed by atoms with Crippen LogP contribution in [0.1, 0.15) is 123 Å². The van der Waals surface area contributed by atoms with E-state index in [1.165, 1.54) is 31.4 Å². The van der Waals surface area contributed by atoms with Crippen LogP contribution in [0.5, 0.6) is 57.5 Å². The number of benzene rings is 8. The van der Waals surface area contributed by atoms with Crippen LogP contribution >= 0.6 is 22.9 Å². The second-order valence-electron chi connectivity index (χ2n) is 32.4. The van der Waals surface area contributed by atoms with Crippen molar-refractivity contribution >= 4 is 82.6 Å². The van der Waals surface area contributed by atoms with Crippen LogP contribution in [0.25, 0.3) is 99.7 Å². The van der Waals surface area contributed by atoms with Crippen molar-refractivity contribution in [2.24, 2.45) is 0 Å². The van der Waals surface area contributed by atoms with Crippen molar-refractivity contribution < 1.29 is 56.1 Å². The van der Waals surface area contributed by atoms with Crippen LogP contribution in [0.15, 0.2) is 200 Å². The summed E-state index contributed by atoms with van der Waals surface area (Å²) in [4.78, 5) is 27.8. The summed E-state index contributed by atoms with van der Waals surface area (Å²) in [6, 6.07) is 61.1. The molecule has 0 unspecified atom stereocenters. The van der Waals surface area contributed by atoms with Gasteiger partial charge in [-0.2, -0.15) is 5.26 Å². The highest BCUT2D eigenvalue weighted by molar-refractivity contribution is 7.14. The van der Waals surface area contributed by atoms with Crippen molar-refractivity contribution in [3.05, 3.63) is 222 Å². The van der Waals surface area contributed by atoms with Crippen LogP contribution in [-0.4, -0.2) is 99.5 Å². The average molecular weight is 1620 g/mol. The molecule has 0 fully saturated rings. The summed E-state index contributed by atoms with van der Waals surface area (Å²) in [5, 5.41) is 20.2. The maximum atomic E-state index is 13.6. The molecular formula is C95H101ClF2N8O10S. The molecule has 0 aliphatic rings. The van der Waals surface area contributed by atoms with E-state index in [-0.39, 0.29) is 45.3 Å². The minimum atomic E-state index is -0.382. The quantitative estimate of drug-likeness (QED) is 0.0954. The number of halogens is 3. The maximum absolute atomic E-state index is 13.6. The fourth-order valence-electron chi connectivity index (χ4n) is 11.9. The number of hydrogen-bond donors (Lipinski definition) is 1. The van der Waals surface area contributed by atoms with Crippen molar-refractivity contribution in [2.75, 3.05) is 40.9 Å². The summed E-state index contributed by atoms with van der Waals surface area (Å²) < 4.78 is 83.7. The average Bonchev–Trinajstić information content (AvgIpc) is 1.03. The first-order valence-corrected chi connectivity index (χ1v) is 39.3. The summed E-state index contributed by atoms with van der Waals surface area (Å²) in [5.41, 5.74) is 8.83. The SMILES string of the molecule is COc1ccc2c(OC(C)(C)C)cc(-c3ccc(F)cc3)nc2c1.COc1ccc2c(OC(C)(C)C)cc(-c3cccc(F)c3)nc2c1.COc1ccc2c(OC(C)(C)C)cc(-c3ccccc3)nc2c1.COc1ccc2c(OC(C)(C)C)cc(-c3csc(NC(C)C)n3)nc2c1.COc1ccc2c(OC(C)(C)C)cc(C#N)nc2c1Cl. The predicted octanol–water partition coefficient (Wildman–Crippen LogP) is 24.9. The third-order valence-corrected chi connectivity index (χ3v) is 17.8. The summed E-state index contributed by atoms with van der Waals surface area (Å²) in [6.45, 7) is 34.2. The number of thiazole rings is 1. The van der Waals surface area contributed by atoms with Crippen LogP contribution in [0.3, 0.4) is 0 Å². The Morgan fingerprint density at radius 1 is 0.359 bits per heavy atom. The van der Waals surface area contributed by atoms with Crippen molar-refractivity contribution in [1.82, 2.24) is 29.9 Å². The first kappa shape index (κ1) is 87.3. The van der Waals surface area contributed by atoms with E-state index >= 15 is 0 Å². The monoisotopic (exact) mass is 1620 g/mol. The molecule has 14 rings (SSSR count). The first-order chi connectivity index (χ1) is 55.3. The van der Waals surface area contributed by atoms with Gasteiger partial charge in [-0.3, -0.25) is 0 Å². The molecule has 117 heavy (non-hydrogen) atoms. The van der Waals surface area contributed by atoms with Crippen molar-refractivity contribution in [2.45, 2.75) is 152 Å². The molecule has 6 aromatic heterocycles. The molecule has 0 amide bonds. The molecule has 608 valence electrons. The van der Waals surface area contributed by atoms with Gasteiger partial charge in [-0.1, -0.05) is 54.1 Å². The number of anilines is 1. The van der Waals surface area contributed by atoms with Crippen LogP contribution in [0.4, 0.5) is 13.9 Å². The molecule has 0 aliphatic carbocycles. The van der Waals surface area contributed by atoms with Crippen LogP contribution in [0.2, 0.25) is 5.02 Å². The molecule has 14 aromatic rings. The lowest BCUT2D eigenvalue weighted by molar-refractivity contribution is 0.132. The van der Waals surface area contributed by atoms with Gasteiger partial charge in [0.15, 0.2) is 5.13 Å². The molecule has 6 heterocycles. The molecule has 0 saturated heterocycles. The molecule has 0 bridgehead atoms. The van der Waals surface area contributed by atoms with E-state index in [0.29, 0.717) is 45.1 Å². The van der Waals surface area contributed by atoms with Crippen LogP contribution < -0.4 is 52.7 Å². The number of pyridine rings is 5. The Hall–Kier alpha value is -12.1. The molecule has 0 saturated carbocycles. The van der Waals surface area contributed by atoms with Crippen molar-refractivity contribution in [3.8, 4) is 109 Å². The molecule has 0 aliphatic heterocycles. The third kappa shape index (κ3) is 24.2. The zero-order valence-electron chi connectivity index (χ0n) is 70.4. The molecule has 18 nitrogen and oxygen atoms in total. The van der Waals surface area contributed by atoms with Gasteiger partial charge in [0, 0.05) is 110 Å². The summed E-state index contributed by atoms with van der Waals surface area (Å²) in [7, 11) is 8.09. The fraction of sp³-hybridized carbons (Fsp3) is 0.295. The van der Waals surface area contributed by atoms with Gasteiger partial charge in [0.1, 0.15) is 120 Å². The first-order valence-electron chi connectivity index (χ1n) is 38.1. The highest BCUT2D eigenvalue weighted by Gasteiger charge is 2.24. The Labute approximate surface area is 693 Å². The van der Waals surface area contributed by atoms with Crippen molar-refractivity contribution in [3.63, 3.8) is 0 Å². The summed E-state index contributed by atoms with van der Waals surface area (Å²) >= 11 is 7.84. The lowest BCUT2D eigenvalue weighted by Gasteiger charge is -2.23. The second-order valence-corrected chi connectivity index (χ2v) is 33.7. The van der Waals surface area contributed by atoms with Crippen LogP contribution in [-0.2, 0) is 0 Å². The topological polar surface area (TPSA) is 205 Å². The number of nitriles is 1. The number of aromatic nitrogens is 6. The van der Waals surface area contributed by atoms with E-state index in [1.807, 2.05) is 243 Å². The van der Waals surface area contributed by atoms with E-state index in [1.54, 1.807) is 70.1 Å². The number of nitrogens with one attached hydrogen (secondary N) is 1. The van der Waals surface area contributed by atoms with Gasteiger partial charge in [0.25, 0.3) is 0 Å².